The minimum Gasteiger partial charge on any atom is -0.289 e. The highest BCUT2D eigenvalue weighted by Crippen LogP contribution is 2.33. The molecule has 1 aliphatic heterocycles. The van der Waals surface area contributed by atoms with E-state index >= 15 is 0 Å². The SMILES string of the molecule is Cc1nnc(N=C2SC(=Cc3ccc4ccccc4n3)C(=O)N2C)s1. The number of likely N-dealkylation sites (N-methyl/N-ethyl adjacent to an activating group) is 1. The van der Waals surface area contributed by atoms with Crippen LogP contribution in [-0.2, 0) is 4.79 Å². The summed E-state index contributed by atoms with van der Waals surface area (Å²) in [6.07, 6.45) is 1.80. The number of amidine groups is 1. The molecule has 1 amide bonds. The van der Waals surface area contributed by atoms with Gasteiger partial charge in [0, 0.05) is 12.4 Å². The summed E-state index contributed by atoms with van der Waals surface area (Å²) in [4.78, 5) is 23.6. The summed E-state index contributed by atoms with van der Waals surface area (Å²) in [5, 5.41) is 11.0. The monoisotopic (exact) mass is 367 g/mol. The van der Waals surface area contributed by atoms with Crippen molar-refractivity contribution in [2.45, 2.75) is 6.92 Å². The zero-order valence-corrected chi connectivity index (χ0v) is 15.1. The van der Waals surface area contributed by atoms with Gasteiger partial charge in [-0.2, -0.15) is 4.99 Å². The molecule has 1 aliphatic rings. The molecule has 0 unspecified atom stereocenters. The first-order valence-electron chi connectivity index (χ1n) is 7.52. The van der Waals surface area contributed by atoms with Crippen molar-refractivity contribution in [3.8, 4) is 0 Å². The Morgan fingerprint density at radius 2 is 2.00 bits per heavy atom. The number of aromatic nitrogens is 3. The molecule has 0 atom stereocenters. The smallest absolute Gasteiger partial charge is 0.266 e. The van der Waals surface area contributed by atoms with Gasteiger partial charge in [0.1, 0.15) is 5.01 Å². The molecule has 0 radical (unpaired) electrons. The van der Waals surface area contributed by atoms with Crippen molar-refractivity contribution < 1.29 is 4.79 Å². The number of benzene rings is 1. The number of nitrogens with zero attached hydrogens (tertiary/aromatic N) is 5. The van der Waals surface area contributed by atoms with Crippen molar-refractivity contribution in [1.29, 1.82) is 0 Å². The zero-order chi connectivity index (χ0) is 17.4. The standard InChI is InChI=1S/C17H13N5OS2/c1-10-20-21-16(24-10)19-17-22(2)15(23)14(25-17)9-12-8-7-11-5-3-4-6-13(11)18-12/h3-9H,1-2H3. The van der Waals surface area contributed by atoms with E-state index in [0.29, 0.717) is 15.2 Å². The van der Waals surface area contributed by atoms with Gasteiger partial charge < -0.3 is 0 Å². The molecule has 2 aromatic heterocycles. The number of thioether (sulfide) groups is 1. The number of aryl methyl sites for hydroxylation is 1. The van der Waals surface area contributed by atoms with Crippen molar-refractivity contribution in [3.05, 3.63) is 52.0 Å². The molecule has 1 fully saturated rings. The van der Waals surface area contributed by atoms with E-state index in [9.17, 15) is 4.79 Å². The number of aliphatic imine (C=N–C) groups is 1. The predicted molar refractivity (Wildman–Crippen MR) is 102 cm³/mol. The average molecular weight is 367 g/mol. The van der Waals surface area contributed by atoms with Crippen LogP contribution < -0.4 is 0 Å². The second kappa shape index (κ2) is 6.38. The maximum absolute atomic E-state index is 12.5. The van der Waals surface area contributed by atoms with Crippen molar-refractivity contribution in [2.24, 2.45) is 4.99 Å². The minimum atomic E-state index is -0.0973. The minimum absolute atomic E-state index is 0.0973. The Bertz CT molecular complexity index is 1040. The maximum atomic E-state index is 12.5. The molecule has 4 rings (SSSR count). The Morgan fingerprint density at radius 1 is 1.16 bits per heavy atom. The van der Waals surface area contributed by atoms with Gasteiger partial charge in [-0.3, -0.25) is 9.69 Å². The van der Waals surface area contributed by atoms with Crippen LogP contribution in [-0.4, -0.2) is 38.2 Å². The van der Waals surface area contributed by atoms with Crippen LogP contribution in [0.3, 0.4) is 0 Å². The molecule has 3 heterocycles. The molecular formula is C17H13N5OS2. The average Bonchev–Trinajstić information content (AvgIpc) is 3.14. The van der Waals surface area contributed by atoms with Gasteiger partial charge >= 0.3 is 0 Å². The molecule has 3 aromatic rings. The summed E-state index contributed by atoms with van der Waals surface area (Å²) in [5.74, 6) is -0.0973. The Hall–Kier alpha value is -2.58. The first kappa shape index (κ1) is 15.9. The number of para-hydroxylation sites is 1. The number of carbonyl (C=O) groups is 1. The predicted octanol–water partition coefficient (Wildman–Crippen LogP) is 3.63. The first-order valence-corrected chi connectivity index (χ1v) is 9.16. The van der Waals surface area contributed by atoms with Crippen LogP contribution >= 0.6 is 23.1 Å². The third kappa shape index (κ3) is 3.18. The Kier molecular flexibility index (Phi) is 4.06. The van der Waals surface area contributed by atoms with Crippen molar-refractivity contribution in [2.75, 3.05) is 7.05 Å². The summed E-state index contributed by atoms with van der Waals surface area (Å²) < 4.78 is 0. The van der Waals surface area contributed by atoms with Gasteiger partial charge in [0.05, 0.1) is 16.1 Å². The third-order valence-electron chi connectivity index (χ3n) is 3.61. The quantitative estimate of drug-likeness (QED) is 0.647. The number of amides is 1. The highest BCUT2D eigenvalue weighted by Gasteiger charge is 2.30. The Morgan fingerprint density at radius 3 is 2.80 bits per heavy atom. The third-order valence-corrected chi connectivity index (χ3v) is 5.40. The number of fused-ring (bicyclic) bond motifs is 1. The largest absolute Gasteiger partial charge is 0.289 e. The summed E-state index contributed by atoms with van der Waals surface area (Å²) in [6.45, 7) is 1.87. The number of hydrogen-bond donors (Lipinski definition) is 0. The second-order valence-corrected chi connectivity index (χ2v) is 7.57. The number of carbonyl (C=O) groups excluding carboxylic acids is 1. The number of hydrogen-bond acceptors (Lipinski definition) is 7. The normalized spacial score (nSPS) is 18.0. The lowest BCUT2D eigenvalue weighted by atomic mass is 10.2. The van der Waals surface area contributed by atoms with Gasteiger partial charge in [-0.25, -0.2) is 4.98 Å². The van der Waals surface area contributed by atoms with E-state index in [2.05, 4.69) is 20.2 Å². The van der Waals surface area contributed by atoms with Crippen LogP contribution in [0.15, 0.2) is 46.3 Å². The molecule has 6 nitrogen and oxygen atoms in total. The summed E-state index contributed by atoms with van der Waals surface area (Å²) in [5.41, 5.74) is 1.65. The van der Waals surface area contributed by atoms with Crippen LogP contribution in [0.4, 0.5) is 5.13 Å². The van der Waals surface area contributed by atoms with Crippen LogP contribution in [0.1, 0.15) is 10.7 Å². The molecule has 0 spiro atoms. The molecule has 8 heteroatoms. The Labute approximate surface area is 152 Å². The molecule has 124 valence electrons. The van der Waals surface area contributed by atoms with Gasteiger partial charge in [0.2, 0.25) is 5.13 Å². The summed E-state index contributed by atoms with van der Waals surface area (Å²) in [6, 6.07) is 11.8. The highest BCUT2D eigenvalue weighted by atomic mass is 32.2. The lowest BCUT2D eigenvalue weighted by Gasteiger charge is -2.05. The van der Waals surface area contributed by atoms with E-state index in [4.69, 9.17) is 0 Å². The van der Waals surface area contributed by atoms with Gasteiger partial charge in [-0.15, -0.1) is 10.2 Å². The molecule has 25 heavy (non-hydrogen) atoms. The van der Waals surface area contributed by atoms with Crippen molar-refractivity contribution in [1.82, 2.24) is 20.1 Å². The number of pyridine rings is 1. The van der Waals surface area contributed by atoms with E-state index in [-0.39, 0.29) is 5.91 Å². The molecule has 0 bridgehead atoms. The second-order valence-electron chi connectivity index (χ2n) is 5.40. The fraction of sp³-hybridized carbons (Fsp3) is 0.118. The highest BCUT2D eigenvalue weighted by molar-refractivity contribution is 8.18. The van der Waals surface area contributed by atoms with E-state index in [1.54, 1.807) is 13.1 Å². The van der Waals surface area contributed by atoms with Crippen LogP contribution in [0.5, 0.6) is 0 Å². The van der Waals surface area contributed by atoms with E-state index in [1.165, 1.54) is 28.0 Å². The van der Waals surface area contributed by atoms with Crippen LogP contribution in [0, 0.1) is 6.92 Å². The fourth-order valence-electron chi connectivity index (χ4n) is 2.36. The van der Waals surface area contributed by atoms with Crippen molar-refractivity contribution >= 4 is 56.3 Å². The Balaban J connectivity index is 1.66. The van der Waals surface area contributed by atoms with Crippen molar-refractivity contribution in [3.63, 3.8) is 0 Å². The first-order chi connectivity index (χ1) is 12.1. The van der Waals surface area contributed by atoms with Gasteiger partial charge in [0.15, 0.2) is 5.17 Å². The van der Waals surface area contributed by atoms with Gasteiger partial charge in [-0.05, 0) is 36.9 Å². The summed E-state index contributed by atoms with van der Waals surface area (Å²) >= 11 is 2.71. The zero-order valence-electron chi connectivity index (χ0n) is 13.5. The molecule has 0 N–H and O–H groups in total. The lowest BCUT2D eigenvalue weighted by molar-refractivity contribution is -0.121. The number of rotatable bonds is 2. The molecule has 1 aromatic carbocycles. The van der Waals surface area contributed by atoms with E-state index in [0.717, 1.165) is 21.6 Å². The molecule has 0 saturated carbocycles. The van der Waals surface area contributed by atoms with Gasteiger partial charge in [0.25, 0.3) is 5.91 Å². The van der Waals surface area contributed by atoms with E-state index < -0.39 is 0 Å². The fourth-order valence-corrected chi connectivity index (χ4v) is 3.93. The van der Waals surface area contributed by atoms with Crippen LogP contribution in [0.2, 0.25) is 0 Å². The topological polar surface area (TPSA) is 71.3 Å². The molecular weight excluding hydrogens is 354 g/mol. The van der Waals surface area contributed by atoms with Crippen LogP contribution in [0.25, 0.3) is 17.0 Å². The molecule has 0 aliphatic carbocycles. The van der Waals surface area contributed by atoms with E-state index in [1.807, 2.05) is 43.3 Å². The lowest BCUT2D eigenvalue weighted by Crippen LogP contribution is -2.23. The van der Waals surface area contributed by atoms with Gasteiger partial charge in [-0.1, -0.05) is 35.6 Å². The molecule has 1 saturated heterocycles. The maximum Gasteiger partial charge on any atom is 0.266 e. The summed E-state index contributed by atoms with van der Waals surface area (Å²) in [7, 11) is 1.71.